The first kappa shape index (κ1) is 20.9. The Morgan fingerprint density at radius 3 is 2.32 bits per heavy atom. The van der Waals surface area contributed by atoms with E-state index in [2.05, 4.69) is 20.9 Å². The number of hydrogen-bond donors (Lipinski definition) is 0. The maximum atomic E-state index is 12.9. The van der Waals surface area contributed by atoms with E-state index in [-0.39, 0.29) is 5.56 Å². The highest BCUT2D eigenvalue weighted by Gasteiger charge is 2.14. The Labute approximate surface area is 189 Å². The molecule has 0 aliphatic carbocycles. The van der Waals surface area contributed by atoms with Crippen LogP contribution >= 0.6 is 15.9 Å². The maximum absolute atomic E-state index is 12.9. The van der Waals surface area contributed by atoms with Crippen molar-refractivity contribution in [1.82, 2.24) is 9.36 Å². The lowest BCUT2D eigenvalue weighted by Gasteiger charge is -2.07. The summed E-state index contributed by atoms with van der Waals surface area (Å²) >= 11 is 3.43. The van der Waals surface area contributed by atoms with Crippen molar-refractivity contribution in [2.45, 2.75) is 13.5 Å². The predicted octanol–water partition coefficient (Wildman–Crippen LogP) is 5.58. The van der Waals surface area contributed by atoms with Crippen LogP contribution in [0.1, 0.15) is 16.8 Å². The number of halogens is 1. The summed E-state index contributed by atoms with van der Waals surface area (Å²) in [7, 11) is 1.86. The van der Waals surface area contributed by atoms with E-state index in [9.17, 15) is 4.79 Å². The zero-order valence-electron chi connectivity index (χ0n) is 17.3. The molecule has 0 aliphatic heterocycles. The van der Waals surface area contributed by atoms with Gasteiger partial charge >= 0.3 is 0 Å². The van der Waals surface area contributed by atoms with E-state index in [0.717, 1.165) is 32.7 Å². The van der Waals surface area contributed by atoms with Crippen LogP contribution in [0, 0.1) is 6.92 Å². The van der Waals surface area contributed by atoms with E-state index in [1.54, 1.807) is 10.9 Å². The molecule has 31 heavy (non-hydrogen) atoms. The largest absolute Gasteiger partial charge is 0.489 e. The summed E-state index contributed by atoms with van der Waals surface area (Å²) in [4.78, 5) is 17.4. The van der Waals surface area contributed by atoms with Gasteiger partial charge in [-0.05, 0) is 66.6 Å². The highest BCUT2D eigenvalue weighted by Crippen LogP contribution is 2.18. The van der Waals surface area contributed by atoms with Gasteiger partial charge in [-0.15, -0.1) is 0 Å². The van der Waals surface area contributed by atoms with Crippen molar-refractivity contribution < 1.29 is 4.74 Å². The number of nitrogens with zero attached hydrogens (tertiary/aromatic N) is 3. The third kappa shape index (κ3) is 4.70. The Balaban J connectivity index is 1.49. The average Bonchev–Trinajstić information content (AvgIpc) is 3.01. The van der Waals surface area contributed by atoms with Crippen LogP contribution in [0.25, 0.3) is 5.69 Å². The molecule has 1 aromatic heterocycles. The summed E-state index contributed by atoms with van der Waals surface area (Å²) in [6.07, 6.45) is 1.71. The molecule has 0 N–H and O–H groups in total. The first-order valence-corrected chi connectivity index (χ1v) is 10.7. The molecule has 1 heterocycles. The van der Waals surface area contributed by atoms with Gasteiger partial charge in [-0.2, -0.15) is 0 Å². The summed E-state index contributed by atoms with van der Waals surface area (Å²) in [5.74, 6) is 0.780. The smallest absolute Gasteiger partial charge is 0.297 e. The lowest BCUT2D eigenvalue weighted by Crippen LogP contribution is -2.19. The molecule has 0 fully saturated rings. The second kappa shape index (κ2) is 9.18. The van der Waals surface area contributed by atoms with Gasteiger partial charge in [0.2, 0.25) is 0 Å². The number of benzene rings is 3. The Kier molecular flexibility index (Phi) is 6.18. The molecule has 3 aromatic carbocycles. The van der Waals surface area contributed by atoms with Gasteiger partial charge in [0.15, 0.2) is 5.69 Å². The van der Waals surface area contributed by atoms with Crippen molar-refractivity contribution in [3.8, 4) is 11.4 Å². The molecule has 0 amide bonds. The van der Waals surface area contributed by atoms with E-state index in [0.29, 0.717) is 12.3 Å². The fraction of sp³-hybridized carbons (Fsp3) is 0.120. The van der Waals surface area contributed by atoms with Crippen molar-refractivity contribution in [3.63, 3.8) is 0 Å². The SMILES string of the molecule is Cc1c(N=Cc2ccc(OCc3ccc(Br)cc3)cc2)c(=O)n(-c2ccccc2)n1C. The minimum Gasteiger partial charge on any atom is -0.489 e. The average molecular weight is 476 g/mol. The maximum Gasteiger partial charge on any atom is 0.297 e. The quantitative estimate of drug-likeness (QED) is 0.342. The second-order valence-electron chi connectivity index (χ2n) is 7.15. The number of rotatable bonds is 6. The van der Waals surface area contributed by atoms with Crippen molar-refractivity contribution in [3.05, 3.63) is 111 Å². The standard InChI is InChI=1S/C25H22BrN3O2/c1-18-24(25(30)29(28(18)2)22-6-4-3-5-7-22)27-16-19-10-14-23(15-11-19)31-17-20-8-12-21(26)13-9-20/h3-16H,17H2,1-2H3. The van der Waals surface area contributed by atoms with Crippen LogP contribution in [-0.4, -0.2) is 15.6 Å². The third-order valence-electron chi connectivity index (χ3n) is 5.07. The Morgan fingerprint density at radius 1 is 0.968 bits per heavy atom. The third-order valence-corrected chi connectivity index (χ3v) is 5.59. The fourth-order valence-corrected chi connectivity index (χ4v) is 3.50. The van der Waals surface area contributed by atoms with Crippen LogP contribution in [0.3, 0.4) is 0 Å². The fourth-order valence-electron chi connectivity index (χ4n) is 3.24. The topological polar surface area (TPSA) is 48.5 Å². The van der Waals surface area contributed by atoms with Crippen LogP contribution in [0.2, 0.25) is 0 Å². The predicted molar refractivity (Wildman–Crippen MR) is 128 cm³/mol. The molecule has 0 aliphatic rings. The van der Waals surface area contributed by atoms with Gasteiger partial charge in [-0.1, -0.05) is 46.3 Å². The van der Waals surface area contributed by atoms with Crippen LogP contribution in [0.15, 0.2) is 93.1 Å². The lowest BCUT2D eigenvalue weighted by molar-refractivity contribution is 0.306. The van der Waals surface area contributed by atoms with E-state index in [4.69, 9.17) is 4.74 Å². The molecule has 0 atom stereocenters. The zero-order valence-corrected chi connectivity index (χ0v) is 18.9. The molecule has 0 bridgehead atoms. The van der Waals surface area contributed by atoms with E-state index >= 15 is 0 Å². The van der Waals surface area contributed by atoms with Gasteiger partial charge in [0.1, 0.15) is 12.4 Å². The molecule has 5 nitrogen and oxygen atoms in total. The van der Waals surface area contributed by atoms with Gasteiger partial charge in [0, 0.05) is 17.7 Å². The van der Waals surface area contributed by atoms with E-state index in [1.165, 1.54) is 0 Å². The summed E-state index contributed by atoms with van der Waals surface area (Å²) in [5, 5.41) is 0. The van der Waals surface area contributed by atoms with Gasteiger partial charge in [0.05, 0.1) is 11.4 Å². The molecular weight excluding hydrogens is 454 g/mol. The normalized spacial score (nSPS) is 11.2. The molecule has 0 saturated carbocycles. The van der Waals surface area contributed by atoms with Crippen LogP contribution in [0.5, 0.6) is 5.75 Å². The van der Waals surface area contributed by atoms with E-state index < -0.39 is 0 Å². The lowest BCUT2D eigenvalue weighted by atomic mass is 10.2. The molecule has 0 spiro atoms. The molecule has 6 heteroatoms. The van der Waals surface area contributed by atoms with Gasteiger partial charge in [-0.3, -0.25) is 9.48 Å². The number of aliphatic imine (C=N–C) groups is 1. The molecule has 4 rings (SSSR count). The van der Waals surface area contributed by atoms with Crippen molar-refractivity contribution in [1.29, 1.82) is 0 Å². The first-order chi connectivity index (χ1) is 15.0. The number of para-hydroxylation sites is 1. The van der Waals surface area contributed by atoms with Gasteiger partial charge in [0.25, 0.3) is 5.56 Å². The molecule has 156 valence electrons. The Morgan fingerprint density at radius 2 is 1.65 bits per heavy atom. The number of hydrogen-bond acceptors (Lipinski definition) is 3. The summed E-state index contributed by atoms with van der Waals surface area (Å²) < 4.78 is 10.3. The molecular formula is C25H22BrN3O2. The minimum absolute atomic E-state index is 0.142. The Hall–Kier alpha value is -3.38. The first-order valence-electron chi connectivity index (χ1n) is 9.88. The van der Waals surface area contributed by atoms with E-state index in [1.807, 2.05) is 97.5 Å². The molecule has 4 aromatic rings. The minimum atomic E-state index is -0.142. The molecule has 0 unspecified atom stereocenters. The molecule has 0 saturated heterocycles. The van der Waals surface area contributed by atoms with Gasteiger partial charge < -0.3 is 4.74 Å². The van der Waals surface area contributed by atoms with Crippen LogP contribution < -0.4 is 10.3 Å². The van der Waals surface area contributed by atoms with Crippen LogP contribution in [-0.2, 0) is 13.7 Å². The zero-order chi connectivity index (χ0) is 21.8. The van der Waals surface area contributed by atoms with Gasteiger partial charge in [-0.25, -0.2) is 9.67 Å². The van der Waals surface area contributed by atoms with Crippen molar-refractivity contribution in [2.24, 2.45) is 12.0 Å². The van der Waals surface area contributed by atoms with Crippen molar-refractivity contribution in [2.75, 3.05) is 0 Å². The van der Waals surface area contributed by atoms with Crippen molar-refractivity contribution >= 4 is 27.8 Å². The summed E-state index contributed by atoms with van der Waals surface area (Å²) in [6, 6.07) is 25.2. The number of aromatic nitrogens is 2. The molecule has 0 radical (unpaired) electrons. The second-order valence-corrected chi connectivity index (χ2v) is 8.07. The van der Waals surface area contributed by atoms with Crippen LogP contribution in [0.4, 0.5) is 5.69 Å². The summed E-state index contributed by atoms with van der Waals surface area (Å²) in [6.45, 7) is 2.40. The number of ether oxygens (including phenoxy) is 1. The summed E-state index contributed by atoms with van der Waals surface area (Å²) in [5.41, 5.74) is 3.90. The highest BCUT2D eigenvalue weighted by molar-refractivity contribution is 9.10. The monoisotopic (exact) mass is 475 g/mol. The highest BCUT2D eigenvalue weighted by atomic mass is 79.9. The Bertz CT molecular complexity index is 1260.